The molecule has 2 N–H and O–H groups in total. The van der Waals surface area contributed by atoms with Crippen LogP contribution in [0, 0.1) is 0 Å². The van der Waals surface area contributed by atoms with Crippen LogP contribution in [-0.2, 0) is 6.42 Å². The van der Waals surface area contributed by atoms with Crippen LogP contribution in [0.2, 0.25) is 0 Å². The molecule has 0 unspecified atom stereocenters. The Labute approximate surface area is 139 Å². The molecule has 2 rings (SSSR count). The smallest absolute Gasteiger partial charge is 0.253 e. The minimum absolute atomic E-state index is 0.0571. The Morgan fingerprint density at radius 1 is 1.00 bits per heavy atom. The number of hydrogen-bond acceptors (Lipinski definition) is 2. The van der Waals surface area contributed by atoms with E-state index in [0.29, 0.717) is 25.6 Å². The minimum atomic E-state index is 0.0571. The lowest BCUT2D eigenvalue weighted by Crippen LogP contribution is -2.36. The number of nitrogens with zero attached hydrogens (tertiary/aromatic N) is 1. The quantitative estimate of drug-likeness (QED) is 0.851. The first-order valence-electron chi connectivity index (χ1n) is 8.25. The first kappa shape index (κ1) is 17.2. The van der Waals surface area contributed by atoms with E-state index < -0.39 is 0 Å². The van der Waals surface area contributed by atoms with Crippen LogP contribution in [0.5, 0.6) is 0 Å². The van der Waals surface area contributed by atoms with E-state index in [1.165, 1.54) is 11.1 Å². The molecule has 0 saturated heterocycles. The van der Waals surface area contributed by atoms with Crippen molar-refractivity contribution in [2.45, 2.75) is 26.2 Å². The summed E-state index contributed by atoms with van der Waals surface area (Å²) in [5.41, 5.74) is 8.90. The summed E-state index contributed by atoms with van der Waals surface area (Å²) in [6.45, 7) is 6.04. The fourth-order valence-electron chi connectivity index (χ4n) is 2.57. The highest BCUT2D eigenvalue weighted by atomic mass is 16.2. The van der Waals surface area contributed by atoms with Gasteiger partial charge < -0.3 is 10.6 Å². The van der Waals surface area contributed by atoms with Crippen LogP contribution in [0.15, 0.2) is 54.6 Å². The molecule has 122 valence electrons. The van der Waals surface area contributed by atoms with Crippen LogP contribution < -0.4 is 5.73 Å². The molecule has 0 atom stereocenters. The maximum absolute atomic E-state index is 12.7. The van der Waals surface area contributed by atoms with E-state index in [1.807, 2.05) is 47.4 Å². The van der Waals surface area contributed by atoms with Crippen molar-refractivity contribution in [2.24, 2.45) is 5.73 Å². The second-order valence-electron chi connectivity index (χ2n) is 6.09. The van der Waals surface area contributed by atoms with Crippen LogP contribution in [0.3, 0.4) is 0 Å². The largest absolute Gasteiger partial charge is 0.337 e. The first-order chi connectivity index (χ1) is 11.1. The number of rotatable bonds is 7. The molecule has 2 aromatic carbocycles. The van der Waals surface area contributed by atoms with Crippen molar-refractivity contribution in [2.75, 3.05) is 19.6 Å². The Morgan fingerprint density at radius 2 is 1.65 bits per heavy atom. The Hall–Kier alpha value is -2.13. The fourth-order valence-corrected chi connectivity index (χ4v) is 2.57. The zero-order valence-corrected chi connectivity index (χ0v) is 14.0. The topological polar surface area (TPSA) is 46.3 Å². The van der Waals surface area contributed by atoms with Crippen LogP contribution in [0.4, 0.5) is 0 Å². The molecule has 0 saturated carbocycles. The normalized spacial score (nSPS) is 10.8. The summed E-state index contributed by atoms with van der Waals surface area (Å²) in [4.78, 5) is 14.6. The van der Waals surface area contributed by atoms with Crippen molar-refractivity contribution < 1.29 is 4.79 Å². The van der Waals surface area contributed by atoms with Crippen molar-refractivity contribution in [3.05, 3.63) is 71.3 Å². The Morgan fingerprint density at radius 3 is 2.22 bits per heavy atom. The molecule has 3 nitrogen and oxygen atoms in total. The van der Waals surface area contributed by atoms with Gasteiger partial charge in [0.2, 0.25) is 0 Å². The summed E-state index contributed by atoms with van der Waals surface area (Å²) in [7, 11) is 0. The fraction of sp³-hybridized carbons (Fsp3) is 0.350. The van der Waals surface area contributed by atoms with Gasteiger partial charge in [-0.3, -0.25) is 4.79 Å². The average Bonchev–Trinajstić information content (AvgIpc) is 2.59. The van der Waals surface area contributed by atoms with Crippen LogP contribution in [0.25, 0.3) is 0 Å². The number of carbonyl (C=O) groups is 1. The Bertz CT molecular complexity index is 605. The molecular formula is C20H26N2O. The van der Waals surface area contributed by atoms with Gasteiger partial charge in [0.05, 0.1) is 0 Å². The number of benzene rings is 2. The number of hydrogen-bond donors (Lipinski definition) is 1. The average molecular weight is 310 g/mol. The highest BCUT2D eigenvalue weighted by Gasteiger charge is 2.15. The second kappa shape index (κ2) is 8.49. The van der Waals surface area contributed by atoms with Crippen molar-refractivity contribution in [1.82, 2.24) is 4.90 Å². The van der Waals surface area contributed by atoms with Crippen molar-refractivity contribution >= 4 is 5.91 Å². The predicted molar refractivity (Wildman–Crippen MR) is 95.6 cm³/mol. The van der Waals surface area contributed by atoms with Gasteiger partial charge in [-0.1, -0.05) is 56.3 Å². The SMILES string of the molecule is CC(C)c1ccc(C(=O)N(CCN)CCc2ccccc2)cc1. The predicted octanol–water partition coefficient (Wildman–Crippen LogP) is 3.45. The lowest BCUT2D eigenvalue weighted by atomic mass is 10.0. The molecule has 0 spiro atoms. The van der Waals surface area contributed by atoms with Gasteiger partial charge >= 0.3 is 0 Å². The summed E-state index contributed by atoms with van der Waals surface area (Å²) < 4.78 is 0. The van der Waals surface area contributed by atoms with Gasteiger partial charge in [0, 0.05) is 25.2 Å². The van der Waals surface area contributed by atoms with E-state index >= 15 is 0 Å². The standard InChI is InChI=1S/C20H26N2O/c1-16(2)18-8-10-19(11-9-18)20(23)22(15-13-21)14-12-17-6-4-3-5-7-17/h3-11,16H,12-15,21H2,1-2H3. The van der Waals surface area contributed by atoms with Gasteiger partial charge in [0.1, 0.15) is 0 Å². The molecule has 0 aliphatic rings. The van der Waals surface area contributed by atoms with Gasteiger partial charge in [0.15, 0.2) is 0 Å². The van der Waals surface area contributed by atoms with Gasteiger partial charge in [-0.15, -0.1) is 0 Å². The Balaban J connectivity index is 2.05. The van der Waals surface area contributed by atoms with E-state index in [1.54, 1.807) is 0 Å². The third kappa shape index (κ3) is 4.93. The molecule has 3 heteroatoms. The molecule has 23 heavy (non-hydrogen) atoms. The number of nitrogens with two attached hydrogens (primary N) is 1. The van der Waals surface area contributed by atoms with Gasteiger partial charge in [0.25, 0.3) is 5.91 Å². The molecule has 0 aliphatic carbocycles. The Kier molecular flexibility index (Phi) is 6.36. The number of amides is 1. The molecule has 0 radical (unpaired) electrons. The van der Waals surface area contributed by atoms with Crippen molar-refractivity contribution in [1.29, 1.82) is 0 Å². The zero-order chi connectivity index (χ0) is 16.7. The summed E-state index contributed by atoms with van der Waals surface area (Å²) >= 11 is 0. The summed E-state index contributed by atoms with van der Waals surface area (Å²) in [5.74, 6) is 0.527. The lowest BCUT2D eigenvalue weighted by Gasteiger charge is -2.22. The lowest BCUT2D eigenvalue weighted by molar-refractivity contribution is 0.0762. The molecule has 0 heterocycles. The van der Waals surface area contributed by atoms with Crippen molar-refractivity contribution in [3.63, 3.8) is 0 Å². The molecule has 0 aliphatic heterocycles. The molecule has 2 aromatic rings. The molecule has 1 amide bonds. The van der Waals surface area contributed by atoms with E-state index in [4.69, 9.17) is 5.73 Å². The molecule has 0 aromatic heterocycles. The van der Waals surface area contributed by atoms with Crippen LogP contribution in [0.1, 0.15) is 41.3 Å². The summed E-state index contributed by atoms with van der Waals surface area (Å²) in [5, 5.41) is 0. The van der Waals surface area contributed by atoms with Gasteiger partial charge in [-0.2, -0.15) is 0 Å². The summed E-state index contributed by atoms with van der Waals surface area (Å²) in [6.07, 6.45) is 0.844. The highest BCUT2D eigenvalue weighted by molar-refractivity contribution is 5.94. The maximum atomic E-state index is 12.7. The van der Waals surface area contributed by atoms with Gasteiger partial charge in [-0.05, 0) is 35.6 Å². The molecule has 0 bridgehead atoms. The molecule has 0 fully saturated rings. The maximum Gasteiger partial charge on any atom is 0.253 e. The van der Waals surface area contributed by atoms with Crippen LogP contribution >= 0.6 is 0 Å². The monoisotopic (exact) mass is 310 g/mol. The summed E-state index contributed by atoms with van der Waals surface area (Å²) in [6, 6.07) is 18.1. The van der Waals surface area contributed by atoms with Crippen LogP contribution in [-0.4, -0.2) is 30.4 Å². The second-order valence-corrected chi connectivity index (χ2v) is 6.09. The van der Waals surface area contributed by atoms with E-state index in [-0.39, 0.29) is 5.91 Å². The van der Waals surface area contributed by atoms with E-state index in [2.05, 4.69) is 26.0 Å². The third-order valence-corrected chi connectivity index (χ3v) is 4.02. The minimum Gasteiger partial charge on any atom is -0.337 e. The molecular weight excluding hydrogens is 284 g/mol. The van der Waals surface area contributed by atoms with E-state index in [0.717, 1.165) is 12.0 Å². The number of carbonyl (C=O) groups excluding carboxylic acids is 1. The van der Waals surface area contributed by atoms with E-state index in [9.17, 15) is 4.79 Å². The highest BCUT2D eigenvalue weighted by Crippen LogP contribution is 2.16. The van der Waals surface area contributed by atoms with Crippen molar-refractivity contribution in [3.8, 4) is 0 Å². The van der Waals surface area contributed by atoms with Gasteiger partial charge in [-0.25, -0.2) is 0 Å². The first-order valence-corrected chi connectivity index (χ1v) is 8.25. The third-order valence-electron chi connectivity index (χ3n) is 4.02. The zero-order valence-electron chi connectivity index (χ0n) is 14.0.